The smallest absolute Gasteiger partial charge is 0.227 e. The molecule has 0 unspecified atom stereocenters. The van der Waals surface area contributed by atoms with Crippen LogP contribution in [0.25, 0.3) is 11.4 Å². The molecule has 1 aromatic carbocycles. The lowest BCUT2D eigenvalue weighted by Crippen LogP contribution is -2.23. The van der Waals surface area contributed by atoms with Gasteiger partial charge in [-0.3, -0.25) is 9.78 Å². The molecule has 7 heteroatoms. The summed E-state index contributed by atoms with van der Waals surface area (Å²) in [6.45, 7) is 0.436. The third-order valence-electron chi connectivity index (χ3n) is 3.39. The standard InChI is InChI=1S/C17H15FN4O2/c18-14-4-2-1-3-13(14)17-21-16(24-22-17)6-5-15(23)20-11-12-7-9-19-10-8-12/h1-4,7-10H,5-6,11H2,(H,20,23). The Morgan fingerprint density at radius 1 is 1.17 bits per heavy atom. The lowest BCUT2D eigenvalue weighted by atomic mass is 10.2. The van der Waals surface area contributed by atoms with Crippen molar-refractivity contribution >= 4 is 5.91 Å². The van der Waals surface area contributed by atoms with Crippen molar-refractivity contribution in [2.45, 2.75) is 19.4 Å². The van der Waals surface area contributed by atoms with Crippen molar-refractivity contribution in [1.29, 1.82) is 0 Å². The highest BCUT2D eigenvalue weighted by Gasteiger charge is 2.13. The van der Waals surface area contributed by atoms with E-state index < -0.39 is 5.82 Å². The average Bonchev–Trinajstić information content (AvgIpc) is 3.08. The lowest BCUT2D eigenvalue weighted by molar-refractivity contribution is -0.121. The fourth-order valence-electron chi connectivity index (χ4n) is 2.12. The minimum atomic E-state index is -0.417. The van der Waals surface area contributed by atoms with Crippen molar-refractivity contribution in [2.24, 2.45) is 0 Å². The van der Waals surface area contributed by atoms with Crippen LogP contribution in [0, 0.1) is 5.82 Å². The van der Waals surface area contributed by atoms with Gasteiger partial charge in [-0.25, -0.2) is 4.39 Å². The van der Waals surface area contributed by atoms with Gasteiger partial charge < -0.3 is 9.84 Å². The predicted octanol–water partition coefficient (Wildman–Crippen LogP) is 2.52. The Morgan fingerprint density at radius 2 is 1.96 bits per heavy atom. The molecule has 122 valence electrons. The van der Waals surface area contributed by atoms with E-state index in [0.29, 0.717) is 18.9 Å². The minimum absolute atomic E-state index is 0.127. The Balaban J connectivity index is 1.52. The molecule has 0 aliphatic rings. The summed E-state index contributed by atoms with van der Waals surface area (Å²) in [7, 11) is 0. The number of amides is 1. The predicted molar refractivity (Wildman–Crippen MR) is 84.1 cm³/mol. The third-order valence-corrected chi connectivity index (χ3v) is 3.39. The summed E-state index contributed by atoms with van der Waals surface area (Å²) in [6, 6.07) is 9.86. The van der Waals surface area contributed by atoms with Crippen LogP contribution in [-0.2, 0) is 17.8 Å². The summed E-state index contributed by atoms with van der Waals surface area (Å²) in [4.78, 5) is 19.9. The first-order valence-electron chi connectivity index (χ1n) is 7.45. The van der Waals surface area contributed by atoms with E-state index in [4.69, 9.17) is 4.52 Å². The zero-order chi connectivity index (χ0) is 16.8. The Morgan fingerprint density at radius 3 is 2.75 bits per heavy atom. The number of benzene rings is 1. The zero-order valence-corrected chi connectivity index (χ0v) is 12.8. The van der Waals surface area contributed by atoms with Gasteiger partial charge in [0.1, 0.15) is 5.82 Å². The molecule has 3 aromatic rings. The maximum Gasteiger partial charge on any atom is 0.227 e. The number of pyridine rings is 1. The summed E-state index contributed by atoms with van der Waals surface area (Å²) in [5.41, 5.74) is 1.24. The third kappa shape index (κ3) is 4.01. The van der Waals surface area contributed by atoms with Gasteiger partial charge in [-0.1, -0.05) is 17.3 Å². The number of nitrogens with zero attached hydrogens (tertiary/aromatic N) is 3. The Bertz CT molecular complexity index is 820. The van der Waals surface area contributed by atoms with E-state index in [2.05, 4.69) is 20.4 Å². The summed E-state index contributed by atoms with van der Waals surface area (Å²) in [6.07, 6.45) is 3.85. The number of carbonyl (C=O) groups excluding carboxylic acids is 1. The van der Waals surface area contributed by atoms with Crippen LogP contribution in [0.3, 0.4) is 0 Å². The highest BCUT2D eigenvalue weighted by Crippen LogP contribution is 2.19. The number of aromatic nitrogens is 3. The number of hydrogen-bond acceptors (Lipinski definition) is 5. The number of nitrogens with one attached hydrogen (secondary N) is 1. The molecular weight excluding hydrogens is 311 g/mol. The minimum Gasteiger partial charge on any atom is -0.352 e. The normalized spacial score (nSPS) is 10.5. The summed E-state index contributed by atoms with van der Waals surface area (Å²) in [5.74, 6) is -0.0648. The molecule has 2 aromatic heterocycles. The van der Waals surface area contributed by atoms with Crippen LogP contribution in [-0.4, -0.2) is 21.0 Å². The molecule has 0 aliphatic carbocycles. The zero-order valence-electron chi connectivity index (χ0n) is 12.8. The summed E-state index contributed by atoms with van der Waals surface area (Å²) >= 11 is 0. The lowest BCUT2D eigenvalue weighted by Gasteiger charge is -2.03. The quantitative estimate of drug-likeness (QED) is 0.753. The second-order valence-corrected chi connectivity index (χ2v) is 5.12. The molecule has 24 heavy (non-hydrogen) atoms. The van der Waals surface area contributed by atoms with Crippen molar-refractivity contribution in [1.82, 2.24) is 20.4 Å². The molecule has 1 amide bonds. The number of hydrogen-bond donors (Lipinski definition) is 1. The van der Waals surface area contributed by atoms with Gasteiger partial charge in [0.25, 0.3) is 0 Å². The number of rotatable bonds is 6. The van der Waals surface area contributed by atoms with Gasteiger partial charge in [-0.05, 0) is 29.8 Å². The van der Waals surface area contributed by atoms with E-state index in [1.54, 1.807) is 30.6 Å². The van der Waals surface area contributed by atoms with Gasteiger partial charge in [-0.15, -0.1) is 0 Å². The first-order valence-corrected chi connectivity index (χ1v) is 7.45. The van der Waals surface area contributed by atoms with Crippen LogP contribution in [0.2, 0.25) is 0 Å². The van der Waals surface area contributed by atoms with Gasteiger partial charge in [-0.2, -0.15) is 4.98 Å². The average molecular weight is 326 g/mol. The van der Waals surface area contributed by atoms with Gasteiger partial charge >= 0.3 is 0 Å². The molecule has 0 fully saturated rings. The first kappa shape index (κ1) is 15.8. The number of carbonyl (C=O) groups is 1. The van der Waals surface area contributed by atoms with Crippen LogP contribution in [0.5, 0.6) is 0 Å². The maximum atomic E-state index is 13.7. The van der Waals surface area contributed by atoms with Crippen molar-refractivity contribution in [3.63, 3.8) is 0 Å². The molecule has 1 N–H and O–H groups in total. The van der Waals surface area contributed by atoms with Gasteiger partial charge in [0.05, 0.1) is 5.56 Å². The van der Waals surface area contributed by atoms with E-state index >= 15 is 0 Å². The Hall–Kier alpha value is -3.09. The molecule has 0 spiro atoms. The van der Waals surface area contributed by atoms with Crippen molar-refractivity contribution < 1.29 is 13.7 Å². The molecule has 6 nitrogen and oxygen atoms in total. The SMILES string of the molecule is O=C(CCc1nc(-c2ccccc2F)no1)NCc1ccncc1. The highest BCUT2D eigenvalue weighted by atomic mass is 19.1. The maximum absolute atomic E-state index is 13.7. The molecule has 0 bridgehead atoms. The van der Waals surface area contributed by atoms with Crippen molar-refractivity contribution in [2.75, 3.05) is 0 Å². The largest absolute Gasteiger partial charge is 0.352 e. The summed E-state index contributed by atoms with van der Waals surface area (Å²) in [5, 5.41) is 6.55. The Labute approximate surface area is 137 Å². The second kappa shape index (κ2) is 7.45. The van der Waals surface area contributed by atoms with E-state index in [1.165, 1.54) is 6.07 Å². The van der Waals surface area contributed by atoms with Gasteiger partial charge in [0.15, 0.2) is 0 Å². The molecule has 0 radical (unpaired) electrons. The van der Waals surface area contributed by atoms with Gasteiger partial charge in [0, 0.05) is 31.8 Å². The van der Waals surface area contributed by atoms with E-state index in [1.807, 2.05) is 12.1 Å². The monoisotopic (exact) mass is 326 g/mol. The summed E-state index contributed by atoms with van der Waals surface area (Å²) < 4.78 is 18.7. The van der Waals surface area contributed by atoms with Crippen molar-refractivity contribution in [3.05, 3.63) is 66.1 Å². The molecule has 0 saturated heterocycles. The van der Waals surface area contributed by atoms with Crippen LogP contribution < -0.4 is 5.32 Å². The van der Waals surface area contributed by atoms with E-state index in [-0.39, 0.29) is 23.7 Å². The Kier molecular flexibility index (Phi) is 4.90. The topological polar surface area (TPSA) is 80.9 Å². The fraction of sp³-hybridized carbons (Fsp3) is 0.176. The van der Waals surface area contributed by atoms with Crippen LogP contribution in [0.4, 0.5) is 4.39 Å². The highest BCUT2D eigenvalue weighted by molar-refractivity contribution is 5.76. The van der Waals surface area contributed by atoms with E-state index in [0.717, 1.165) is 5.56 Å². The molecule has 0 atom stereocenters. The van der Waals surface area contributed by atoms with Crippen LogP contribution in [0.1, 0.15) is 17.9 Å². The molecule has 0 saturated carbocycles. The van der Waals surface area contributed by atoms with Crippen LogP contribution >= 0.6 is 0 Å². The van der Waals surface area contributed by atoms with Gasteiger partial charge in [0.2, 0.25) is 17.6 Å². The molecular formula is C17H15FN4O2. The number of aryl methyl sites for hydroxylation is 1. The molecule has 3 rings (SSSR count). The van der Waals surface area contributed by atoms with Crippen LogP contribution in [0.15, 0.2) is 53.3 Å². The van der Waals surface area contributed by atoms with Crippen molar-refractivity contribution in [3.8, 4) is 11.4 Å². The number of halogens is 1. The molecule has 2 heterocycles. The fourth-order valence-corrected chi connectivity index (χ4v) is 2.12. The second-order valence-electron chi connectivity index (χ2n) is 5.12. The van der Waals surface area contributed by atoms with E-state index in [9.17, 15) is 9.18 Å². The molecule has 0 aliphatic heterocycles. The first-order chi connectivity index (χ1) is 11.7.